The Morgan fingerprint density at radius 1 is 1.15 bits per heavy atom. The molecule has 1 aromatic carbocycles. The van der Waals surface area contributed by atoms with Crippen LogP contribution >= 0.6 is 0 Å². The lowest BCUT2D eigenvalue weighted by Crippen LogP contribution is -2.44. The molecule has 0 atom stereocenters. The minimum absolute atomic E-state index is 0.0449. The van der Waals surface area contributed by atoms with E-state index >= 15 is 4.39 Å². The van der Waals surface area contributed by atoms with Gasteiger partial charge in [-0.05, 0) is 43.7 Å². The molecule has 0 amide bonds. The summed E-state index contributed by atoms with van der Waals surface area (Å²) in [6.45, 7) is 5.86. The molecule has 2 aromatic rings. The van der Waals surface area contributed by atoms with E-state index < -0.39 is 0 Å². The molecule has 5 rings (SSSR count). The van der Waals surface area contributed by atoms with Gasteiger partial charge in [-0.3, -0.25) is 4.99 Å². The minimum Gasteiger partial charge on any atom is -0.436 e. The normalized spacial score (nSPS) is 18.1. The third kappa shape index (κ3) is 4.60. The van der Waals surface area contributed by atoms with Crippen molar-refractivity contribution in [2.45, 2.75) is 13.3 Å². The van der Waals surface area contributed by atoms with E-state index in [-0.39, 0.29) is 24.1 Å². The van der Waals surface area contributed by atoms with Gasteiger partial charge in [-0.2, -0.15) is 9.97 Å². The maximum Gasteiger partial charge on any atom is 0.233 e. The van der Waals surface area contributed by atoms with E-state index in [2.05, 4.69) is 37.1 Å². The first kappa shape index (κ1) is 21.5. The number of benzene rings is 1. The van der Waals surface area contributed by atoms with Crippen LogP contribution in [0.5, 0.6) is 11.6 Å². The van der Waals surface area contributed by atoms with Crippen LogP contribution in [0.3, 0.4) is 0 Å². The van der Waals surface area contributed by atoms with Gasteiger partial charge in [0.15, 0.2) is 11.6 Å². The maximum atomic E-state index is 15.1. The SMILES string of the molecule is CC1=Cc2c(ccc(Oc3cc(N4CCN(C)CC4)nc(NC4=NCC(CO)=C4)n3)c2F)C1. The van der Waals surface area contributed by atoms with Gasteiger partial charge in [-0.15, -0.1) is 0 Å². The van der Waals surface area contributed by atoms with Crippen LogP contribution in [0.15, 0.2) is 40.4 Å². The number of aromatic nitrogens is 2. The number of amidine groups is 1. The number of nitrogens with zero attached hydrogens (tertiary/aromatic N) is 5. The molecule has 3 aliphatic rings. The predicted molar refractivity (Wildman–Crippen MR) is 127 cm³/mol. The van der Waals surface area contributed by atoms with E-state index in [0.717, 1.165) is 49.3 Å². The van der Waals surface area contributed by atoms with Gasteiger partial charge < -0.3 is 25.0 Å². The first-order chi connectivity index (χ1) is 16.0. The Labute approximate surface area is 192 Å². The number of ether oxygens (including phenoxy) is 1. The van der Waals surface area contributed by atoms with E-state index in [1.165, 1.54) is 0 Å². The van der Waals surface area contributed by atoms with Crippen molar-refractivity contribution < 1.29 is 14.2 Å². The minimum atomic E-state index is -0.380. The molecule has 1 aliphatic carbocycles. The molecule has 2 aliphatic heterocycles. The summed E-state index contributed by atoms with van der Waals surface area (Å²) >= 11 is 0. The summed E-state index contributed by atoms with van der Waals surface area (Å²) in [6, 6.07) is 5.30. The average Bonchev–Trinajstić information content (AvgIpc) is 3.42. The van der Waals surface area contributed by atoms with Crippen LogP contribution in [0.1, 0.15) is 18.1 Å². The molecule has 0 spiro atoms. The number of hydrogen-bond donors (Lipinski definition) is 2. The van der Waals surface area contributed by atoms with Crippen LogP contribution in [0.4, 0.5) is 16.2 Å². The van der Waals surface area contributed by atoms with E-state index in [0.29, 0.717) is 29.7 Å². The Hall–Kier alpha value is -3.30. The van der Waals surface area contributed by atoms with Crippen LogP contribution in [0.25, 0.3) is 6.08 Å². The summed E-state index contributed by atoms with van der Waals surface area (Å²) in [7, 11) is 2.09. The highest BCUT2D eigenvalue weighted by Gasteiger charge is 2.21. The van der Waals surface area contributed by atoms with Crippen molar-refractivity contribution >= 4 is 23.7 Å². The zero-order valence-electron chi connectivity index (χ0n) is 18.8. The molecular weight excluding hydrogens is 423 g/mol. The van der Waals surface area contributed by atoms with Crippen molar-refractivity contribution in [3.63, 3.8) is 0 Å². The Morgan fingerprint density at radius 2 is 1.97 bits per heavy atom. The molecule has 0 radical (unpaired) electrons. The van der Waals surface area contributed by atoms with Crippen molar-refractivity contribution in [1.82, 2.24) is 14.9 Å². The zero-order valence-corrected chi connectivity index (χ0v) is 18.8. The Morgan fingerprint density at radius 3 is 2.73 bits per heavy atom. The lowest BCUT2D eigenvalue weighted by atomic mass is 10.1. The highest BCUT2D eigenvalue weighted by molar-refractivity contribution is 6.04. The molecule has 0 bridgehead atoms. The molecule has 1 aromatic heterocycles. The number of rotatable bonds is 5. The molecule has 2 N–H and O–H groups in total. The number of halogens is 1. The lowest BCUT2D eigenvalue weighted by molar-refractivity contribution is 0.312. The predicted octanol–water partition coefficient (Wildman–Crippen LogP) is 2.86. The van der Waals surface area contributed by atoms with E-state index in [1.54, 1.807) is 18.2 Å². The summed E-state index contributed by atoms with van der Waals surface area (Å²) in [5.74, 6) is 1.60. The third-order valence-corrected chi connectivity index (χ3v) is 6.06. The molecule has 3 heterocycles. The Kier molecular flexibility index (Phi) is 5.82. The second-order valence-corrected chi connectivity index (χ2v) is 8.69. The highest BCUT2D eigenvalue weighted by atomic mass is 19.1. The third-order valence-electron chi connectivity index (χ3n) is 6.06. The van der Waals surface area contributed by atoms with E-state index in [4.69, 9.17) is 4.74 Å². The number of likely N-dealkylation sites (N-methyl/N-ethyl adjacent to an activating group) is 1. The number of piperazine rings is 1. The average molecular weight is 451 g/mol. The zero-order chi connectivity index (χ0) is 22.9. The quantitative estimate of drug-likeness (QED) is 0.725. The van der Waals surface area contributed by atoms with E-state index in [9.17, 15) is 5.11 Å². The molecule has 8 nitrogen and oxygen atoms in total. The van der Waals surface area contributed by atoms with Gasteiger partial charge in [0.05, 0.1) is 13.2 Å². The Balaban J connectivity index is 1.45. The lowest BCUT2D eigenvalue weighted by Gasteiger charge is -2.33. The number of aliphatic hydroxyl groups is 1. The number of fused-ring (bicyclic) bond motifs is 1. The summed E-state index contributed by atoms with van der Waals surface area (Å²) in [5, 5.41) is 12.4. The second kappa shape index (κ2) is 8.92. The monoisotopic (exact) mass is 450 g/mol. The number of aliphatic hydroxyl groups excluding tert-OH is 1. The van der Waals surface area contributed by atoms with Crippen molar-refractivity contribution in [1.29, 1.82) is 0 Å². The molecule has 172 valence electrons. The Bertz CT molecular complexity index is 1170. The number of hydrogen-bond acceptors (Lipinski definition) is 8. The fourth-order valence-electron chi connectivity index (χ4n) is 4.19. The van der Waals surface area contributed by atoms with Gasteiger partial charge >= 0.3 is 0 Å². The fourth-order valence-corrected chi connectivity index (χ4v) is 4.19. The van der Waals surface area contributed by atoms with Gasteiger partial charge in [0.1, 0.15) is 11.7 Å². The summed E-state index contributed by atoms with van der Waals surface area (Å²) in [5.41, 5.74) is 3.48. The van der Waals surface area contributed by atoms with Crippen LogP contribution in [0.2, 0.25) is 0 Å². The van der Waals surface area contributed by atoms with Crippen LogP contribution in [0, 0.1) is 5.82 Å². The van der Waals surface area contributed by atoms with Crippen molar-refractivity contribution in [2.24, 2.45) is 4.99 Å². The maximum absolute atomic E-state index is 15.1. The molecule has 0 saturated carbocycles. The molecule has 1 saturated heterocycles. The first-order valence-electron chi connectivity index (χ1n) is 11.1. The van der Waals surface area contributed by atoms with Crippen LogP contribution < -0.4 is 15.0 Å². The first-order valence-corrected chi connectivity index (χ1v) is 11.1. The summed E-state index contributed by atoms with van der Waals surface area (Å²) in [4.78, 5) is 17.9. The summed E-state index contributed by atoms with van der Waals surface area (Å²) in [6.07, 6.45) is 4.40. The van der Waals surface area contributed by atoms with Crippen LogP contribution in [-0.4, -0.2) is 72.2 Å². The number of anilines is 2. The number of allylic oxidation sites excluding steroid dienone is 1. The summed E-state index contributed by atoms with van der Waals surface area (Å²) < 4.78 is 21.1. The largest absolute Gasteiger partial charge is 0.436 e. The standard InChI is InChI=1S/C24H27FN6O2/c1-15-9-17-3-4-19(23(25)18(17)10-15)33-22-12-21(31-7-5-30(2)6-8-31)28-24(29-22)27-20-11-16(14-32)13-26-20/h3-4,10-12,32H,5-9,13-14H2,1-2H3,(H,26,27,28,29). The van der Waals surface area contributed by atoms with Crippen LogP contribution in [-0.2, 0) is 6.42 Å². The number of aliphatic imine (C=N–C) groups is 1. The highest BCUT2D eigenvalue weighted by Crippen LogP contribution is 2.34. The second-order valence-electron chi connectivity index (χ2n) is 8.69. The van der Waals surface area contributed by atoms with Gasteiger partial charge in [-0.25, -0.2) is 4.39 Å². The van der Waals surface area contributed by atoms with Gasteiger partial charge in [0.2, 0.25) is 11.8 Å². The van der Waals surface area contributed by atoms with E-state index in [1.807, 2.05) is 19.1 Å². The topological polar surface area (TPSA) is 86.1 Å². The van der Waals surface area contributed by atoms with Gasteiger partial charge in [0, 0.05) is 37.8 Å². The molecule has 0 unspecified atom stereocenters. The van der Waals surface area contributed by atoms with Crippen molar-refractivity contribution in [3.05, 3.63) is 52.4 Å². The van der Waals surface area contributed by atoms with Crippen molar-refractivity contribution in [2.75, 3.05) is 56.6 Å². The van der Waals surface area contributed by atoms with Crippen molar-refractivity contribution in [3.8, 4) is 11.6 Å². The van der Waals surface area contributed by atoms with Gasteiger partial charge in [0.25, 0.3) is 0 Å². The molecule has 9 heteroatoms. The smallest absolute Gasteiger partial charge is 0.233 e. The molecule has 1 fully saturated rings. The molecular formula is C24H27FN6O2. The fraction of sp³-hybridized carbons (Fsp3) is 0.375. The van der Waals surface area contributed by atoms with Gasteiger partial charge in [-0.1, -0.05) is 17.7 Å². The number of nitrogens with one attached hydrogen (secondary N) is 1. The molecule has 33 heavy (non-hydrogen) atoms.